The molecular formula is C13H15N3O2S2. The molecule has 0 fully saturated rings. The Balaban J connectivity index is 2.26. The van der Waals surface area contributed by atoms with Crippen molar-refractivity contribution in [2.45, 2.75) is 29.5 Å². The quantitative estimate of drug-likeness (QED) is 0.635. The smallest absolute Gasteiger partial charge is 0.272 e. The van der Waals surface area contributed by atoms with E-state index in [2.05, 4.69) is 17.2 Å². The Morgan fingerprint density at radius 3 is 2.85 bits per heavy atom. The van der Waals surface area contributed by atoms with Crippen LogP contribution in [0, 0.1) is 17.0 Å². The zero-order valence-corrected chi connectivity index (χ0v) is 12.9. The number of nitro groups is 1. The fraction of sp³-hybridized carbons (Fsp3) is 0.308. The number of rotatable bonds is 6. The number of thiazole rings is 1. The molecule has 7 heteroatoms. The van der Waals surface area contributed by atoms with Gasteiger partial charge in [-0.05, 0) is 19.4 Å². The van der Waals surface area contributed by atoms with Crippen LogP contribution in [0.3, 0.4) is 0 Å². The minimum atomic E-state index is -0.367. The standard InChI is InChI=1S/C13H15N3O2S2/c1-3-4-14-10-5-11(16(17)18)7-12(6-10)20-13-15-9(2)8-19-13/h5-8,14H,3-4H2,1-2H3. The van der Waals surface area contributed by atoms with Gasteiger partial charge in [0.2, 0.25) is 0 Å². The number of anilines is 1. The summed E-state index contributed by atoms with van der Waals surface area (Å²) in [5.41, 5.74) is 1.84. The van der Waals surface area contributed by atoms with Crippen molar-refractivity contribution < 1.29 is 4.92 Å². The number of nitrogens with one attached hydrogen (secondary N) is 1. The number of nitrogens with zero attached hydrogens (tertiary/aromatic N) is 2. The van der Waals surface area contributed by atoms with Gasteiger partial charge in [0.1, 0.15) is 0 Å². The monoisotopic (exact) mass is 309 g/mol. The Kier molecular flexibility index (Phi) is 4.97. The molecule has 0 unspecified atom stereocenters. The third kappa shape index (κ3) is 3.94. The maximum absolute atomic E-state index is 11.0. The molecule has 5 nitrogen and oxygen atoms in total. The molecule has 0 saturated carbocycles. The number of hydrogen-bond donors (Lipinski definition) is 1. The highest BCUT2D eigenvalue weighted by Crippen LogP contribution is 2.34. The van der Waals surface area contributed by atoms with Crippen molar-refractivity contribution in [1.29, 1.82) is 0 Å². The van der Waals surface area contributed by atoms with E-state index in [1.54, 1.807) is 23.5 Å². The molecule has 20 heavy (non-hydrogen) atoms. The van der Waals surface area contributed by atoms with E-state index in [1.807, 2.05) is 18.4 Å². The van der Waals surface area contributed by atoms with Crippen molar-refractivity contribution >= 4 is 34.5 Å². The second-order valence-corrected chi connectivity index (χ2v) is 6.44. The van der Waals surface area contributed by atoms with Gasteiger partial charge < -0.3 is 5.32 Å². The van der Waals surface area contributed by atoms with Gasteiger partial charge in [0.05, 0.1) is 4.92 Å². The Hall–Kier alpha value is -1.60. The predicted octanol–water partition coefficient (Wildman–Crippen LogP) is 4.33. The second-order valence-electron chi connectivity index (χ2n) is 4.26. The molecule has 0 spiro atoms. The molecule has 1 aromatic carbocycles. The molecule has 1 aromatic heterocycles. The molecule has 0 aliphatic rings. The molecule has 0 bridgehead atoms. The largest absolute Gasteiger partial charge is 0.385 e. The van der Waals surface area contributed by atoms with Gasteiger partial charge in [-0.25, -0.2) is 4.98 Å². The zero-order valence-electron chi connectivity index (χ0n) is 11.3. The van der Waals surface area contributed by atoms with E-state index >= 15 is 0 Å². The first-order chi connectivity index (χ1) is 9.58. The summed E-state index contributed by atoms with van der Waals surface area (Å²) in [6, 6.07) is 5.06. The Labute approximate surface area is 125 Å². The van der Waals surface area contributed by atoms with Crippen LogP contribution >= 0.6 is 23.1 Å². The molecule has 2 aromatic rings. The van der Waals surface area contributed by atoms with E-state index in [9.17, 15) is 10.1 Å². The van der Waals surface area contributed by atoms with Gasteiger partial charge in [0, 0.05) is 40.3 Å². The average Bonchev–Trinajstić information content (AvgIpc) is 2.81. The van der Waals surface area contributed by atoms with Gasteiger partial charge in [0.15, 0.2) is 4.34 Å². The lowest BCUT2D eigenvalue weighted by molar-refractivity contribution is -0.385. The molecular weight excluding hydrogens is 294 g/mol. The fourth-order valence-corrected chi connectivity index (χ4v) is 3.50. The number of aromatic nitrogens is 1. The number of hydrogen-bond acceptors (Lipinski definition) is 6. The van der Waals surface area contributed by atoms with Gasteiger partial charge >= 0.3 is 0 Å². The molecule has 1 heterocycles. The van der Waals surface area contributed by atoms with Crippen LogP contribution in [-0.2, 0) is 0 Å². The molecule has 0 aliphatic carbocycles. The van der Waals surface area contributed by atoms with E-state index in [1.165, 1.54) is 11.8 Å². The molecule has 0 amide bonds. The van der Waals surface area contributed by atoms with Crippen LogP contribution in [0.4, 0.5) is 11.4 Å². The molecule has 0 radical (unpaired) electrons. The van der Waals surface area contributed by atoms with E-state index in [0.717, 1.165) is 33.6 Å². The van der Waals surface area contributed by atoms with Crippen LogP contribution in [0.2, 0.25) is 0 Å². The molecule has 0 aliphatic heterocycles. The van der Waals surface area contributed by atoms with Crippen molar-refractivity contribution in [2.24, 2.45) is 0 Å². The van der Waals surface area contributed by atoms with Gasteiger partial charge in [-0.1, -0.05) is 18.7 Å². The maximum Gasteiger partial charge on any atom is 0.272 e. The second kappa shape index (κ2) is 6.71. The highest BCUT2D eigenvalue weighted by molar-refractivity contribution is 8.01. The van der Waals surface area contributed by atoms with Crippen molar-refractivity contribution in [1.82, 2.24) is 4.98 Å². The van der Waals surface area contributed by atoms with E-state index in [4.69, 9.17) is 0 Å². The van der Waals surface area contributed by atoms with Crippen molar-refractivity contribution in [3.8, 4) is 0 Å². The third-order valence-corrected chi connectivity index (χ3v) is 4.51. The van der Waals surface area contributed by atoms with Crippen molar-refractivity contribution in [3.63, 3.8) is 0 Å². The summed E-state index contributed by atoms with van der Waals surface area (Å²) in [6.07, 6.45) is 0.969. The normalized spacial score (nSPS) is 10.5. The first-order valence-corrected chi connectivity index (χ1v) is 7.91. The first kappa shape index (κ1) is 14.8. The summed E-state index contributed by atoms with van der Waals surface area (Å²) in [5.74, 6) is 0. The van der Waals surface area contributed by atoms with E-state index in [-0.39, 0.29) is 10.6 Å². The van der Waals surface area contributed by atoms with Gasteiger partial charge in [-0.15, -0.1) is 11.3 Å². The van der Waals surface area contributed by atoms with Gasteiger partial charge in [-0.3, -0.25) is 10.1 Å². The minimum Gasteiger partial charge on any atom is -0.385 e. The Morgan fingerprint density at radius 2 is 2.25 bits per heavy atom. The summed E-state index contributed by atoms with van der Waals surface area (Å²) >= 11 is 2.99. The number of non-ortho nitro benzene ring substituents is 1. The predicted molar refractivity (Wildman–Crippen MR) is 82.9 cm³/mol. The van der Waals surface area contributed by atoms with Crippen molar-refractivity contribution in [3.05, 3.63) is 39.4 Å². The van der Waals surface area contributed by atoms with Crippen molar-refractivity contribution in [2.75, 3.05) is 11.9 Å². The summed E-state index contributed by atoms with van der Waals surface area (Å²) < 4.78 is 0.893. The van der Waals surface area contributed by atoms with Crippen LogP contribution in [0.1, 0.15) is 19.0 Å². The SMILES string of the molecule is CCCNc1cc(Sc2nc(C)cs2)cc([N+](=O)[O-])c1. The summed E-state index contributed by atoms with van der Waals surface area (Å²) in [7, 11) is 0. The highest BCUT2D eigenvalue weighted by atomic mass is 32.2. The first-order valence-electron chi connectivity index (χ1n) is 6.22. The summed E-state index contributed by atoms with van der Waals surface area (Å²) in [5, 5.41) is 16.1. The van der Waals surface area contributed by atoms with Crippen LogP contribution in [-0.4, -0.2) is 16.5 Å². The zero-order chi connectivity index (χ0) is 14.5. The van der Waals surface area contributed by atoms with E-state index < -0.39 is 0 Å². The molecule has 0 saturated heterocycles. The fourth-order valence-electron chi connectivity index (χ4n) is 1.60. The highest BCUT2D eigenvalue weighted by Gasteiger charge is 2.11. The Bertz CT molecular complexity index is 613. The lowest BCUT2D eigenvalue weighted by Crippen LogP contribution is -2.00. The topological polar surface area (TPSA) is 68.1 Å². The summed E-state index contributed by atoms with van der Waals surface area (Å²) in [6.45, 7) is 4.78. The van der Waals surface area contributed by atoms with Gasteiger partial charge in [-0.2, -0.15) is 0 Å². The third-order valence-electron chi connectivity index (χ3n) is 2.48. The number of aryl methyl sites for hydroxylation is 1. The lowest BCUT2D eigenvalue weighted by atomic mass is 10.2. The minimum absolute atomic E-state index is 0.0990. The maximum atomic E-state index is 11.0. The van der Waals surface area contributed by atoms with Gasteiger partial charge in [0.25, 0.3) is 5.69 Å². The van der Waals surface area contributed by atoms with Crippen LogP contribution in [0.25, 0.3) is 0 Å². The van der Waals surface area contributed by atoms with Crippen LogP contribution in [0.15, 0.2) is 32.8 Å². The number of nitro benzene ring substituents is 1. The molecule has 0 atom stereocenters. The molecule has 106 valence electrons. The average molecular weight is 309 g/mol. The van der Waals surface area contributed by atoms with E-state index in [0.29, 0.717) is 0 Å². The summed E-state index contributed by atoms with van der Waals surface area (Å²) in [4.78, 5) is 15.8. The Morgan fingerprint density at radius 1 is 1.45 bits per heavy atom. The molecule has 2 rings (SSSR count). The number of benzene rings is 1. The van der Waals surface area contributed by atoms with Crippen LogP contribution < -0.4 is 5.32 Å². The van der Waals surface area contributed by atoms with Crippen LogP contribution in [0.5, 0.6) is 0 Å². The molecule has 1 N–H and O–H groups in total. The lowest BCUT2D eigenvalue weighted by Gasteiger charge is -2.06.